The van der Waals surface area contributed by atoms with Crippen molar-refractivity contribution in [3.05, 3.63) is 54.1 Å². The highest BCUT2D eigenvalue weighted by atomic mass is 19.4. The molecule has 0 radical (unpaired) electrons. The molecule has 3 N–H and O–H groups in total. The van der Waals surface area contributed by atoms with Gasteiger partial charge < -0.3 is 24.8 Å². The van der Waals surface area contributed by atoms with Gasteiger partial charge in [0.1, 0.15) is 12.4 Å². The largest absolute Gasteiger partial charge is 0.492 e. The first-order valence-corrected chi connectivity index (χ1v) is 11.8. The van der Waals surface area contributed by atoms with Crippen molar-refractivity contribution in [2.24, 2.45) is 0 Å². The summed E-state index contributed by atoms with van der Waals surface area (Å²) in [5, 5.41) is 24.7. The van der Waals surface area contributed by atoms with Gasteiger partial charge in [-0.2, -0.15) is 13.2 Å². The van der Waals surface area contributed by atoms with Crippen LogP contribution in [-0.2, 0) is 11.8 Å². The monoisotopic (exact) mass is 490 g/mol. The number of imidazole rings is 1. The molecule has 1 saturated carbocycles. The summed E-state index contributed by atoms with van der Waals surface area (Å²) >= 11 is 0. The quantitative estimate of drug-likeness (QED) is 0.502. The molecule has 1 saturated heterocycles. The Bertz CT molecular complexity index is 1210. The molecule has 3 aromatic rings. The van der Waals surface area contributed by atoms with E-state index < -0.39 is 22.9 Å². The Morgan fingerprint density at radius 1 is 1.20 bits per heavy atom. The molecule has 0 spiro atoms. The van der Waals surface area contributed by atoms with Gasteiger partial charge in [0.25, 0.3) is 0 Å². The Morgan fingerprint density at radius 2 is 1.97 bits per heavy atom. The fourth-order valence-electron chi connectivity index (χ4n) is 5.57. The molecule has 1 aliphatic carbocycles. The van der Waals surface area contributed by atoms with E-state index in [1.807, 2.05) is 13.0 Å². The molecule has 2 aliphatic rings. The maximum Gasteiger partial charge on any atom is 0.418 e. The Labute approximate surface area is 201 Å². The van der Waals surface area contributed by atoms with Crippen molar-refractivity contribution in [3.8, 4) is 5.75 Å². The smallest absolute Gasteiger partial charge is 0.418 e. The molecule has 188 valence electrons. The van der Waals surface area contributed by atoms with Gasteiger partial charge in [0.15, 0.2) is 0 Å². The number of halogens is 3. The third-order valence-corrected chi connectivity index (χ3v) is 7.09. The van der Waals surface area contributed by atoms with Crippen LogP contribution in [0.1, 0.15) is 56.7 Å². The summed E-state index contributed by atoms with van der Waals surface area (Å²) in [7, 11) is 0. The number of alkyl halides is 3. The zero-order chi connectivity index (χ0) is 25.0. The molecule has 3 heterocycles. The number of rotatable bonds is 5. The predicted molar refractivity (Wildman–Crippen MR) is 123 cm³/mol. The number of hydrogen-bond donors (Lipinski definition) is 3. The molecule has 0 unspecified atom stereocenters. The summed E-state index contributed by atoms with van der Waals surface area (Å²) in [5.41, 5.74) is -1.88. The number of aromatic nitrogens is 3. The first-order valence-electron chi connectivity index (χ1n) is 11.8. The van der Waals surface area contributed by atoms with Crippen molar-refractivity contribution in [3.63, 3.8) is 0 Å². The van der Waals surface area contributed by atoms with E-state index in [0.717, 1.165) is 6.07 Å². The third kappa shape index (κ3) is 4.74. The molecular weight excluding hydrogens is 461 g/mol. The number of pyridine rings is 1. The SMILES string of the molecule is C[C@H]1C[C@@](O)(c2cccnc2)C[C@@H](COc2cc(C(F)(F)F)c3c(c2)ncn3C2CC(C)(O)C2)N1. The van der Waals surface area contributed by atoms with Crippen LogP contribution in [0.4, 0.5) is 13.2 Å². The van der Waals surface area contributed by atoms with Gasteiger partial charge >= 0.3 is 6.18 Å². The van der Waals surface area contributed by atoms with Crippen LogP contribution in [0.15, 0.2) is 43.0 Å². The number of aliphatic hydroxyl groups is 2. The van der Waals surface area contributed by atoms with E-state index in [2.05, 4.69) is 15.3 Å². The Morgan fingerprint density at radius 3 is 2.63 bits per heavy atom. The molecule has 7 nitrogen and oxygen atoms in total. The molecule has 3 atom stereocenters. The van der Waals surface area contributed by atoms with Gasteiger partial charge in [-0.25, -0.2) is 4.98 Å². The second-order valence-corrected chi connectivity index (χ2v) is 10.3. The molecule has 10 heteroatoms. The van der Waals surface area contributed by atoms with E-state index in [0.29, 0.717) is 31.2 Å². The van der Waals surface area contributed by atoms with Gasteiger partial charge in [0.2, 0.25) is 0 Å². The second-order valence-electron chi connectivity index (χ2n) is 10.3. The van der Waals surface area contributed by atoms with E-state index in [1.54, 1.807) is 25.4 Å². The maximum atomic E-state index is 14.0. The maximum absolute atomic E-state index is 14.0. The minimum atomic E-state index is -4.60. The Hall–Kier alpha value is -2.69. The fourth-order valence-corrected chi connectivity index (χ4v) is 5.57. The molecule has 5 rings (SSSR count). The summed E-state index contributed by atoms with van der Waals surface area (Å²) in [6.07, 6.45) is 1.66. The van der Waals surface area contributed by atoms with Crippen molar-refractivity contribution in [2.75, 3.05) is 6.61 Å². The lowest BCUT2D eigenvalue weighted by Crippen LogP contribution is -2.53. The van der Waals surface area contributed by atoms with Crippen molar-refractivity contribution < 1.29 is 28.1 Å². The van der Waals surface area contributed by atoms with Crippen LogP contribution in [0.25, 0.3) is 11.0 Å². The van der Waals surface area contributed by atoms with Crippen LogP contribution >= 0.6 is 0 Å². The first kappa shape index (κ1) is 24.0. The number of benzene rings is 1. The van der Waals surface area contributed by atoms with Crippen molar-refractivity contribution in [1.82, 2.24) is 19.9 Å². The zero-order valence-corrected chi connectivity index (χ0v) is 19.6. The topological polar surface area (TPSA) is 92.4 Å². The van der Waals surface area contributed by atoms with Gasteiger partial charge in [-0.15, -0.1) is 0 Å². The molecule has 1 aromatic carbocycles. The molecule has 2 fully saturated rings. The zero-order valence-electron chi connectivity index (χ0n) is 19.6. The molecule has 0 amide bonds. The summed E-state index contributed by atoms with van der Waals surface area (Å²) in [4.78, 5) is 8.31. The number of ether oxygens (including phenoxy) is 1. The van der Waals surface area contributed by atoms with Gasteiger partial charge in [0.05, 0.1) is 34.1 Å². The minimum absolute atomic E-state index is 0.000663. The summed E-state index contributed by atoms with van der Waals surface area (Å²) in [6, 6.07) is 5.58. The number of piperidine rings is 1. The van der Waals surface area contributed by atoms with E-state index in [1.165, 1.54) is 17.0 Å². The summed E-state index contributed by atoms with van der Waals surface area (Å²) in [5.74, 6) is 0.0700. The van der Waals surface area contributed by atoms with E-state index in [4.69, 9.17) is 4.74 Å². The van der Waals surface area contributed by atoms with Gasteiger partial charge in [-0.05, 0) is 51.7 Å². The summed E-state index contributed by atoms with van der Waals surface area (Å²) in [6.45, 7) is 3.71. The molecule has 0 bridgehead atoms. The number of fused-ring (bicyclic) bond motifs is 1. The van der Waals surface area contributed by atoms with Crippen LogP contribution in [0, 0.1) is 0 Å². The average Bonchev–Trinajstić information content (AvgIpc) is 3.18. The van der Waals surface area contributed by atoms with Crippen molar-refractivity contribution in [1.29, 1.82) is 0 Å². The van der Waals surface area contributed by atoms with E-state index in [-0.39, 0.29) is 41.5 Å². The molecule has 1 aliphatic heterocycles. The highest BCUT2D eigenvalue weighted by Crippen LogP contribution is 2.45. The third-order valence-electron chi connectivity index (χ3n) is 7.09. The highest BCUT2D eigenvalue weighted by Gasteiger charge is 2.43. The normalized spacial score (nSPS) is 31.3. The van der Waals surface area contributed by atoms with Crippen molar-refractivity contribution >= 4 is 11.0 Å². The fraction of sp³-hybridized carbons (Fsp3) is 0.520. The van der Waals surface area contributed by atoms with E-state index >= 15 is 0 Å². The lowest BCUT2D eigenvalue weighted by atomic mass is 9.77. The molecular formula is C25H29F3N4O3. The lowest BCUT2D eigenvalue weighted by molar-refractivity contribution is -0.136. The molecule has 2 aromatic heterocycles. The number of nitrogens with zero attached hydrogens (tertiary/aromatic N) is 3. The van der Waals surface area contributed by atoms with Gasteiger partial charge in [-0.1, -0.05) is 6.07 Å². The molecule has 35 heavy (non-hydrogen) atoms. The Balaban J connectivity index is 1.38. The predicted octanol–water partition coefficient (Wildman–Crippen LogP) is 3.94. The Kier molecular flexibility index (Phi) is 5.81. The average molecular weight is 491 g/mol. The van der Waals surface area contributed by atoms with Crippen LogP contribution < -0.4 is 10.1 Å². The van der Waals surface area contributed by atoms with Gasteiger partial charge in [-0.3, -0.25) is 4.98 Å². The first-order chi connectivity index (χ1) is 16.4. The lowest BCUT2D eigenvalue weighted by Gasteiger charge is -2.42. The number of hydrogen-bond acceptors (Lipinski definition) is 6. The van der Waals surface area contributed by atoms with Crippen LogP contribution in [0.5, 0.6) is 5.75 Å². The second kappa shape index (κ2) is 8.46. The standard InChI is InChI=1S/C25H29F3N4O3/c1-15-8-24(34,16-4-3-5-29-12-16)9-17(31-15)13-35-19-6-20(25(26,27)28)22-21(7-19)30-14-32(22)18-10-23(2,33)11-18/h3-7,12,14-15,17-18,31,33-34H,8-11,13H2,1-2H3/t15-,17-,18?,23?,24-/m0/s1. The highest BCUT2D eigenvalue weighted by molar-refractivity contribution is 5.82. The van der Waals surface area contributed by atoms with E-state index in [9.17, 15) is 23.4 Å². The van der Waals surface area contributed by atoms with Crippen LogP contribution in [0.3, 0.4) is 0 Å². The van der Waals surface area contributed by atoms with Gasteiger partial charge in [0, 0.05) is 42.1 Å². The van der Waals surface area contributed by atoms with Crippen molar-refractivity contribution in [2.45, 2.75) is 75.0 Å². The van der Waals surface area contributed by atoms with Crippen LogP contribution in [-0.4, -0.2) is 49.0 Å². The van der Waals surface area contributed by atoms with Crippen LogP contribution in [0.2, 0.25) is 0 Å². The summed E-state index contributed by atoms with van der Waals surface area (Å²) < 4.78 is 49.4. The number of nitrogens with one attached hydrogen (secondary N) is 1. The minimum Gasteiger partial charge on any atom is -0.492 e.